The van der Waals surface area contributed by atoms with E-state index in [4.69, 9.17) is 10.6 Å². The lowest BCUT2D eigenvalue weighted by Gasteiger charge is -2.30. The van der Waals surface area contributed by atoms with E-state index in [0.29, 0.717) is 12.0 Å². The van der Waals surface area contributed by atoms with Crippen LogP contribution in [0.4, 0.5) is 0 Å². The Labute approximate surface area is 99.4 Å². The van der Waals surface area contributed by atoms with Gasteiger partial charge in [0, 0.05) is 6.04 Å². The molecule has 0 saturated heterocycles. The molecule has 0 fully saturated rings. The Morgan fingerprint density at radius 3 is 2.50 bits per heavy atom. The highest BCUT2D eigenvalue weighted by Gasteiger charge is 2.24. The van der Waals surface area contributed by atoms with Crippen molar-refractivity contribution in [3.63, 3.8) is 0 Å². The fraction of sp³-hybridized carbons (Fsp3) is 0.846. The van der Waals surface area contributed by atoms with Crippen molar-refractivity contribution in [3.05, 3.63) is 11.8 Å². The predicted molar refractivity (Wildman–Crippen MR) is 67.7 cm³/mol. The molecule has 0 amide bonds. The van der Waals surface area contributed by atoms with Crippen LogP contribution in [0.25, 0.3) is 0 Å². The van der Waals surface area contributed by atoms with Crippen molar-refractivity contribution in [2.75, 3.05) is 6.61 Å². The van der Waals surface area contributed by atoms with Crippen LogP contribution in [-0.4, -0.2) is 12.6 Å². The molecule has 3 heteroatoms. The Morgan fingerprint density at radius 1 is 1.38 bits per heavy atom. The normalized spacial score (nSPS) is 18.1. The van der Waals surface area contributed by atoms with Gasteiger partial charge in [0.05, 0.1) is 12.9 Å². The molecule has 0 radical (unpaired) electrons. The minimum absolute atomic E-state index is 0.306. The van der Waals surface area contributed by atoms with Crippen LogP contribution >= 0.6 is 0 Å². The average Bonchev–Trinajstić information content (AvgIpc) is 2.32. The quantitative estimate of drug-likeness (QED) is 0.518. The number of rotatable bonds is 7. The van der Waals surface area contributed by atoms with Crippen molar-refractivity contribution in [2.24, 2.45) is 11.8 Å². The van der Waals surface area contributed by atoms with Crippen molar-refractivity contribution in [2.45, 2.75) is 58.4 Å². The molecule has 1 heterocycles. The van der Waals surface area contributed by atoms with E-state index in [9.17, 15) is 0 Å². The number of hydrogen-bond donors (Lipinski definition) is 2. The van der Waals surface area contributed by atoms with Gasteiger partial charge in [0.25, 0.3) is 0 Å². The molecule has 1 aliphatic heterocycles. The first kappa shape index (κ1) is 13.5. The number of ether oxygens (including phenoxy) is 1. The zero-order chi connectivity index (χ0) is 11.8. The SMILES string of the molecule is CCCC(CCC)C(NN)C1=COCCC1. The van der Waals surface area contributed by atoms with Crippen LogP contribution in [-0.2, 0) is 4.74 Å². The van der Waals surface area contributed by atoms with E-state index in [-0.39, 0.29) is 0 Å². The summed E-state index contributed by atoms with van der Waals surface area (Å²) >= 11 is 0. The maximum Gasteiger partial charge on any atom is 0.0876 e. The summed E-state index contributed by atoms with van der Waals surface area (Å²) in [5.74, 6) is 6.36. The zero-order valence-corrected chi connectivity index (χ0v) is 10.7. The highest BCUT2D eigenvalue weighted by molar-refractivity contribution is 5.11. The molecule has 1 atom stereocenters. The van der Waals surface area contributed by atoms with Crippen LogP contribution in [0.2, 0.25) is 0 Å². The van der Waals surface area contributed by atoms with Gasteiger partial charge >= 0.3 is 0 Å². The molecule has 0 bridgehead atoms. The molecule has 1 unspecified atom stereocenters. The summed E-state index contributed by atoms with van der Waals surface area (Å²) < 4.78 is 5.41. The summed E-state index contributed by atoms with van der Waals surface area (Å²) in [6.07, 6.45) is 9.08. The van der Waals surface area contributed by atoms with Crippen LogP contribution < -0.4 is 11.3 Å². The van der Waals surface area contributed by atoms with Crippen molar-refractivity contribution < 1.29 is 4.74 Å². The number of nitrogens with one attached hydrogen (secondary N) is 1. The van der Waals surface area contributed by atoms with Gasteiger partial charge in [-0.15, -0.1) is 0 Å². The number of hydrazine groups is 1. The van der Waals surface area contributed by atoms with E-state index >= 15 is 0 Å². The first-order valence-corrected chi connectivity index (χ1v) is 6.60. The Kier molecular flexibility index (Phi) is 6.50. The van der Waals surface area contributed by atoms with E-state index in [0.717, 1.165) is 19.4 Å². The lowest BCUT2D eigenvalue weighted by Crippen LogP contribution is -2.43. The van der Waals surface area contributed by atoms with Crippen molar-refractivity contribution in [1.82, 2.24) is 5.43 Å². The molecule has 0 aromatic heterocycles. The van der Waals surface area contributed by atoms with Gasteiger partial charge in [-0.05, 0) is 37.2 Å². The van der Waals surface area contributed by atoms with Crippen LogP contribution in [0.15, 0.2) is 11.8 Å². The molecular weight excluding hydrogens is 200 g/mol. The molecule has 0 spiro atoms. The summed E-state index contributed by atoms with van der Waals surface area (Å²) in [5, 5.41) is 0. The van der Waals surface area contributed by atoms with E-state index < -0.39 is 0 Å². The maximum atomic E-state index is 5.72. The van der Waals surface area contributed by atoms with Crippen molar-refractivity contribution in [1.29, 1.82) is 0 Å². The van der Waals surface area contributed by atoms with E-state index in [1.54, 1.807) is 0 Å². The molecule has 0 saturated carbocycles. The van der Waals surface area contributed by atoms with Crippen LogP contribution in [0.5, 0.6) is 0 Å². The largest absolute Gasteiger partial charge is 0.501 e. The third-order valence-electron chi connectivity index (χ3n) is 3.33. The van der Waals surface area contributed by atoms with E-state index in [1.165, 1.54) is 31.3 Å². The van der Waals surface area contributed by atoms with Crippen LogP contribution in [0, 0.1) is 5.92 Å². The first-order chi connectivity index (χ1) is 7.83. The Morgan fingerprint density at radius 2 is 2.06 bits per heavy atom. The fourth-order valence-corrected chi connectivity index (χ4v) is 2.58. The summed E-state index contributed by atoms with van der Waals surface area (Å²) in [4.78, 5) is 0. The van der Waals surface area contributed by atoms with E-state index in [1.807, 2.05) is 6.26 Å². The molecule has 3 nitrogen and oxygen atoms in total. The summed E-state index contributed by atoms with van der Waals surface area (Å²) in [6.45, 7) is 5.33. The smallest absolute Gasteiger partial charge is 0.0876 e. The minimum atomic E-state index is 0.306. The predicted octanol–water partition coefficient (Wildman–Crippen LogP) is 2.73. The molecule has 16 heavy (non-hydrogen) atoms. The highest BCUT2D eigenvalue weighted by Crippen LogP contribution is 2.26. The second-order valence-corrected chi connectivity index (χ2v) is 4.65. The van der Waals surface area contributed by atoms with Crippen LogP contribution in [0.3, 0.4) is 0 Å². The summed E-state index contributed by atoms with van der Waals surface area (Å²) in [7, 11) is 0. The molecule has 94 valence electrons. The molecule has 3 N–H and O–H groups in total. The van der Waals surface area contributed by atoms with Gasteiger partial charge < -0.3 is 4.74 Å². The Bertz CT molecular complexity index is 210. The maximum absolute atomic E-state index is 5.72. The van der Waals surface area contributed by atoms with Gasteiger partial charge in [-0.3, -0.25) is 11.3 Å². The molecule has 1 aliphatic rings. The number of nitrogens with two attached hydrogens (primary N) is 1. The van der Waals surface area contributed by atoms with Gasteiger partial charge in [0.15, 0.2) is 0 Å². The summed E-state index contributed by atoms with van der Waals surface area (Å²) in [6, 6.07) is 0.306. The van der Waals surface area contributed by atoms with Gasteiger partial charge in [0.1, 0.15) is 0 Å². The highest BCUT2D eigenvalue weighted by atomic mass is 16.5. The van der Waals surface area contributed by atoms with E-state index in [2.05, 4.69) is 19.3 Å². The second kappa shape index (κ2) is 7.69. The monoisotopic (exact) mass is 226 g/mol. The van der Waals surface area contributed by atoms with Gasteiger partial charge in [-0.2, -0.15) is 0 Å². The van der Waals surface area contributed by atoms with Crippen LogP contribution in [0.1, 0.15) is 52.4 Å². The molecule has 0 aromatic carbocycles. The molecule has 0 aromatic rings. The van der Waals surface area contributed by atoms with Gasteiger partial charge in [0.2, 0.25) is 0 Å². The third-order valence-corrected chi connectivity index (χ3v) is 3.33. The Balaban J connectivity index is 2.64. The van der Waals surface area contributed by atoms with Gasteiger partial charge in [-0.1, -0.05) is 26.7 Å². The molecular formula is C13H26N2O. The Hall–Kier alpha value is -0.540. The lowest BCUT2D eigenvalue weighted by atomic mass is 9.85. The first-order valence-electron chi connectivity index (χ1n) is 6.60. The second-order valence-electron chi connectivity index (χ2n) is 4.65. The molecule has 1 rings (SSSR count). The number of hydrogen-bond acceptors (Lipinski definition) is 3. The third kappa shape index (κ3) is 3.80. The zero-order valence-electron chi connectivity index (χ0n) is 10.7. The minimum Gasteiger partial charge on any atom is -0.501 e. The van der Waals surface area contributed by atoms with Gasteiger partial charge in [-0.25, -0.2) is 0 Å². The molecule has 0 aliphatic carbocycles. The average molecular weight is 226 g/mol. The van der Waals surface area contributed by atoms with Crippen molar-refractivity contribution >= 4 is 0 Å². The summed E-state index contributed by atoms with van der Waals surface area (Å²) in [5.41, 5.74) is 4.34. The fourth-order valence-electron chi connectivity index (χ4n) is 2.58. The standard InChI is InChI=1S/C13H26N2O/c1-3-6-11(7-4-2)13(15-14)12-8-5-9-16-10-12/h10-11,13,15H,3-9,14H2,1-2H3. The lowest BCUT2D eigenvalue weighted by molar-refractivity contribution is 0.211. The van der Waals surface area contributed by atoms with Crippen molar-refractivity contribution in [3.8, 4) is 0 Å². The topological polar surface area (TPSA) is 47.3 Å².